The molecule has 3 atom stereocenters. The van der Waals surface area contributed by atoms with Crippen molar-refractivity contribution in [3.8, 4) is 0 Å². The van der Waals surface area contributed by atoms with Crippen LogP contribution in [0.1, 0.15) is 213 Å². The number of carbonyl (C=O) groups excluding carboxylic acids is 2. The summed E-state index contributed by atoms with van der Waals surface area (Å²) in [6.07, 6.45) is 53.2. The zero-order valence-electron chi connectivity index (χ0n) is 39.3. The molecule has 3 N–H and O–H groups in total. The fraction of sp³-hybridized carbons (Fsp3) is 0.765. The zero-order valence-corrected chi connectivity index (χ0v) is 40.2. The summed E-state index contributed by atoms with van der Waals surface area (Å²) in [4.78, 5) is 35.2. The molecular formula is C51H91O10P. The highest BCUT2D eigenvalue weighted by Crippen LogP contribution is 2.43. The van der Waals surface area contributed by atoms with Crippen molar-refractivity contribution >= 4 is 19.8 Å². The largest absolute Gasteiger partial charge is 0.472 e. The van der Waals surface area contributed by atoms with E-state index < -0.39 is 51.8 Å². The van der Waals surface area contributed by atoms with Crippen LogP contribution in [0.15, 0.2) is 60.8 Å². The quantitative estimate of drug-likeness (QED) is 0.0233. The molecule has 0 amide bonds. The van der Waals surface area contributed by atoms with Crippen LogP contribution >= 0.6 is 7.82 Å². The van der Waals surface area contributed by atoms with Crippen molar-refractivity contribution in [2.45, 2.75) is 225 Å². The Kier molecular flexibility index (Phi) is 44.9. The lowest BCUT2D eigenvalue weighted by molar-refractivity contribution is -0.161. The van der Waals surface area contributed by atoms with Gasteiger partial charge in [-0.05, 0) is 77.0 Å². The zero-order chi connectivity index (χ0) is 45.5. The Bertz CT molecular complexity index is 1210. The molecule has 0 saturated heterocycles. The normalized spacial score (nSPS) is 14.2. The molecule has 0 radical (unpaired) electrons. The number of hydrogen-bond acceptors (Lipinski definition) is 9. The molecule has 0 rings (SSSR count). The molecule has 0 fully saturated rings. The number of rotatable bonds is 46. The summed E-state index contributed by atoms with van der Waals surface area (Å²) in [5.74, 6) is -0.937. The van der Waals surface area contributed by atoms with Crippen LogP contribution < -0.4 is 0 Å². The number of unbranched alkanes of at least 4 members (excludes halogenated alkanes) is 22. The Morgan fingerprint density at radius 2 is 0.887 bits per heavy atom. The molecular weight excluding hydrogens is 804 g/mol. The van der Waals surface area contributed by atoms with Crippen molar-refractivity contribution in [3.05, 3.63) is 60.8 Å². The summed E-state index contributed by atoms with van der Waals surface area (Å²) >= 11 is 0. The molecule has 0 aliphatic rings. The van der Waals surface area contributed by atoms with Gasteiger partial charge in [-0.15, -0.1) is 0 Å². The predicted molar refractivity (Wildman–Crippen MR) is 256 cm³/mol. The van der Waals surface area contributed by atoms with E-state index in [0.29, 0.717) is 12.8 Å². The van der Waals surface area contributed by atoms with Crippen molar-refractivity contribution in [3.63, 3.8) is 0 Å². The van der Waals surface area contributed by atoms with Crippen molar-refractivity contribution in [1.82, 2.24) is 0 Å². The Labute approximate surface area is 378 Å². The smallest absolute Gasteiger partial charge is 0.462 e. The topological polar surface area (TPSA) is 149 Å². The molecule has 0 spiro atoms. The monoisotopic (exact) mass is 895 g/mol. The minimum absolute atomic E-state index is 0.172. The van der Waals surface area contributed by atoms with Crippen LogP contribution in [0.5, 0.6) is 0 Å². The van der Waals surface area contributed by atoms with Crippen molar-refractivity contribution in [2.24, 2.45) is 0 Å². The van der Waals surface area contributed by atoms with Gasteiger partial charge in [0.25, 0.3) is 0 Å². The van der Waals surface area contributed by atoms with Crippen LogP contribution in [0.25, 0.3) is 0 Å². The van der Waals surface area contributed by atoms with Crippen LogP contribution in [0, 0.1) is 0 Å². The fourth-order valence-electron chi connectivity index (χ4n) is 6.63. The third-order valence-electron chi connectivity index (χ3n) is 10.4. The predicted octanol–water partition coefficient (Wildman–Crippen LogP) is 13.8. The highest BCUT2D eigenvalue weighted by Gasteiger charge is 2.27. The standard InChI is InChI=1S/C51H91O10P/c1-3-5-7-9-11-13-15-17-19-21-23-24-25-27-29-31-33-35-37-39-41-43-51(55)61-49(47-60-62(56,57)59-45-48(53)44-52)46-58-50(54)42-40-38-36-34-32-30-28-26-22-20-18-16-14-12-10-8-6-4-2/h5,7,11,13,17,19-20,22-24,48-49,52-53H,3-4,6,8-10,12,14-16,18,21,25-47H2,1-2H3,(H,56,57)/b7-5-,13-11-,19-17-,22-20-,24-23-. The van der Waals surface area contributed by atoms with Crippen LogP contribution in [0.2, 0.25) is 0 Å². The maximum atomic E-state index is 12.7. The average Bonchev–Trinajstić information content (AvgIpc) is 3.26. The summed E-state index contributed by atoms with van der Waals surface area (Å²) in [5, 5.41) is 18.4. The molecule has 0 aliphatic heterocycles. The van der Waals surface area contributed by atoms with Crippen LogP contribution in [0.3, 0.4) is 0 Å². The number of aliphatic hydroxyl groups is 2. The number of esters is 2. The van der Waals surface area contributed by atoms with Crippen LogP contribution in [-0.4, -0.2) is 65.7 Å². The van der Waals surface area contributed by atoms with E-state index in [4.69, 9.17) is 23.6 Å². The Morgan fingerprint density at radius 1 is 0.500 bits per heavy atom. The van der Waals surface area contributed by atoms with E-state index in [1.165, 1.54) is 96.3 Å². The van der Waals surface area contributed by atoms with Gasteiger partial charge in [-0.25, -0.2) is 4.57 Å². The van der Waals surface area contributed by atoms with Crippen molar-refractivity contribution in [2.75, 3.05) is 26.4 Å². The van der Waals surface area contributed by atoms with Gasteiger partial charge in [-0.1, -0.05) is 184 Å². The Morgan fingerprint density at radius 3 is 1.35 bits per heavy atom. The van der Waals surface area contributed by atoms with E-state index in [2.05, 4.69) is 74.6 Å². The second-order valence-corrected chi connectivity index (χ2v) is 17.9. The SMILES string of the molecule is CC/C=C\C/C=C\C/C=C\C/C=C\CCCCCCCCCCC(=O)OC(COC(=O)CCCCCCCCC/C=C\CCCCCCCCC)COP(=O)(O)OCC(O)CO. The number of ether oxygens (including phenoxy) is 2. The molecule has 3 unspecified atom stereocenters. The average molecular weight is 895 g/mol. The van der Waals surface area contributed by atoms with Crippen LogP contribution in [0.4, 0.5) is 0 Å². The lowest BCUT2D eigenvalue weighted by atomic mass is 10.1. The lowest BCUT2D eigenvalue weighted by Crippen LogP contribution is -2.29. The summed E-state index contributed by atoms with van der Waals surface area (Å²) in [7, 11) is -4.63. The van der Waals surface area contributed by atoms with Gasteiger partial charge < -0.3 is 24.6 Å². The number of hydrogen-bond donors (Lipinski definition) is 3. The second-order valence-electron chi connectivity index (χ2n) is 16.5. The maximum Gasteiger partial charge on any atom is 0.472 e. The second kappa shape index (κ2) is 46.7. The molecule has 11 heteroatoms. The first-order valence-electron chi connectivity index (χ1n) is 24.7. The van der Waals surface area contributed by atoms with Gasteiger partial charge in [-0.3, -0.25) is 18.6 Å². The first-order chi connectivity index (χ1) is 30.2. The highest BCUT2D eigenvalue weighted by molar-refractivity contribution is 7.47. The highest BCUT2D eigenvalue weighted by atomic mass is 31.2. The molecule has 0 aromatic heterocycles. The van der Waals surface area contributed by atoms with Crippen LogP contribution in [-0.2, 0) is 32.7 Å². The number of allylic oxidation sites excluding steroid dienone is 10. The number of carbonyl (C=O) groups is 2. The van der Waals surface area contributed by atoms with Gasteiger partial charge in [0.1, 0.15) is 12.7 Å². The molecule has 0 aliphatic carbocycles. The van der Waals surface area contributed by atoms with Crippen molar-refractivity contribution in [1.29, 1.82) is 0 Å². The van der Waals surface area contributed by atoms with Gasteiger partial charge in [0.15, 0.2) is 6.10 Å². The number of aliphatic hydroxyl groups excluding tert-OH is 2. The van der Waals surface area contributed by atoms with Gasteiger partial charge in [0.05, 0.1) is 19.8 Å². The molecule has 0 saturated carbocycles. The van der Waals surface area contributed by atoms with E-state index in [1.807, 2.05) is 0 Å². The minimum Gasteiger partial charge on any atom is -0.462 e. The molecule has 0 bridgehead atoms. The Balaban J connectivity index is 4.23. The molecule has 10 nitrogen and oxygen atoms in total. The number of phosphoric ester groups is 1. The van der Waals surface area contributed by atoms with E-state index in [9.17, 15) is 24.2 Å². The first kappa shape index (κ1) is 59.7. The molecule has 0 aromatic carbocycles. The summed E-state index contributed by atoms with van der Waals surface area (Å²) in [5.41, 5.74) is 0. The fourth-order valence-corrected chi connectivity index (χ4v) is 7.42. The van der Waals surface area contributed by atoms with E-state index in [0.717, 1.165) is 77.0 Å². The van der Waals surface area contributed by atoms with Gasteiger partial charge in [-0.2, -0.15) is 0 Å². The maximum absolute atomic E-state index is 12.7. The molecule has 0 aromatic rings. The lowest BCUT2D eigenvalue weighted by Gasteiger charge is -2.20. The van der Waals surface area contributed by atoms with Gasteiger partial charge in [0.2, 0.25) is 0 Å². The van der Waals surface area contributed by atoms with Crippen molar-refractivity contribution < 1.29 is 47.8 Å². The third kappa shape index (κ3) is 45.7. The number of phosphoric acid groups is 1. The van der Waals surface area contributed by atoms with E-state index in [-0.39, 0.29) is 19.4 Å². The summed E-state index contributed by atoms with van der Waals surface area (Å²) in [6.45, 7) is 2.27. The van der Waals surface area contributed by atoms with Gasteiger partial charge in [0, 0.05) is 12.8 Å². The van der Waals surface area contributed by atoms with E-state index >= 15 is 0 Å². The first-order valence-corrected chi connectivity index (χ1v) is 26.2. The summed E-state index contributed by atoms with van der Waals surface area (Å²) < 4.78 is 32.8. The molecule has 62 heavy (non-hydrogen) atoms. The molecule has 360 valence electrons. The van der Waals surface area contributed by atoms with Gasteiger partial charge >= 0.3 is 19.8 Å². The molecule has 0 heterocycles. The van der Waals surface area contributed by atoms with E-state index in [1.54, 1.807) is 0 Å². The third-order valence-corrected chi connectivity index (χ3v) is 11.4. The Hall–Kier alpha value is -2.33. The minimum atomic E-state index is -4.63. The summed E-state index contributed by atoms with van der Waals surface area (Å²) in [6, 6.07) is 0.